The molecule has 0 amide bonds. The van der Waals surface area contributed by atoms with Crippen molar-refractivity contribution in [3.05, 3.63) is 35.5 Å². The van der Waals surface area contributed by atoms with E-state index in [4.69, 9.17) is 0 Å². The first-order chi connectivity index (χ1) is 11.8. The summed E-state index contributed by atoms with van der Waals surface area (Å²) in [5, 5.41) is 29.4. The number of carboxylic acids is 3. The minimum absolute atomic E-state index is 0.131. The number of para-hydroxylation sites is 1. The van der Waals surface area contributed by atoms with Gasteiger partial charge in [0.25, 0.3) is 0 Å². The van der Waals surface area contributed by atoms with E-state index in [1.165, 1.54) is 9.47 Å². The fraction of sp³-hybridized carbons (Fsp3) is 0.353. The summed E-state index contributed by atoms with van der Waals surface area (Å²) in [4.78, 5) is 36.7. The van der Waals surface area contributed by atoms with E-state index >= 15 is 0 Å². The number of nitrogens with zero attached hydrogens (tertiary/aromatic N) is 2. The maximum absolute atomic E-state index is 12.0. The summed E-state index contributed by atoms with van der Waals surface area (Å²) in [6.07, 6.45) is 0.889. The molecule has 8 heteroatoms. The summed E-state index contributed by atoms with van der Waals surface area (Å²) in [6, 6.07) is 4.54. The summed E-state index contributed by atoms with van der Waals surface area (Å²) < 4.78 is 1.44. The van der Waals surface area contributed by atoms with Gasteiger partial charge >= 0.3 is 17.9 Å². The Labute approximate surface area is 142 Å². The molecule has 2 aromatic rings. The number of aromatic carboxylic acids is 1. The minimum Gasteiger partial charge on any atom is -0.480 e. The molecule has 25 heavy (non-hydrogen) atoms. The van der Waals surface area contributed by atoms with Crippen LogP contribution >= 0.6 is 0 Å². The lowest BCUT2D eigenvalue weighted by Gasteiger charge is -2.28. The Morgan fingerprint density at radius 3 is 2.44 bits per heavy atom. The second-order valence-electron chi connectivity index (χ2n) is 6.12. The molecule has 1 aliphatic heterocycles. The maximum atomic E-state index is 12.0. The summed E-state index contributed by atoms with van der Waals surface area (Å²) in [5.41, 5.74) is 0.586. The van der Waals surface area contributed by atoms with E-state index in [1.807, 2.05) is 0 Å². The number of rotatable bonds is 5. The van der Waals surface area contributed by atoms with Crippen LogP contribution in [-0.2, 0) is 16.6 Å². The van der Waals surface area contributed by atoms with Gasteiger partial charge in [-0.05, 0) is 18.9 Å². The number of carbonyl (C=O) groups is 3. The van der Waals surface area contributed by atoms with Gasteiger partial charge in [0.1, 0.15) is 17.8 Å². The molecule has 8 nitrogen and oxygen atoms in total. The molecule has 2 heterocycles. The van der Waals surface area contributed by atoms with Crippen LogP contribution in [0, 0.1) is 0 Å². The number of aryl methyl sites for hydroxylation is 1. The minimum atomic E-state index is -1.33. The number of aromatic nitrogens is 1. The first-order valence-corrected chi connectivity index (χ1v) is 7.86. The molecule has 0 aliphatic carbocycles. The highest BCUT2D eigenvalue weighted by molar-refractivity contribution is 6.01. The van der Waals surface area contributed by atoms with Gasteiger partial charge in [0.2, 0.25) is 0 Å². The zero-order valence-corrected chi connectivity index (χ0v) is 13.5. The average molecular weight is 346 g/mol. The van der Waals surface area contributed by atoms with E-state index in [-0.39, 0.29) is 17.8 Å². The van der Waals surface area contributed by atoms with Crippen LogP contribution in [-0.4, -0.2) is 55.3 Å². The van der Waals surface area contributed by atoms with Crippen LogP contribution in [0.15, 0.2) is 24.3 Å². The van der Waals surface area contributed by atoms with Gasteiger partial charge in [0, 0.05) is 30.1 Å². The lowest BCUT2D eigenvalue weighted by molar-refractivity contribution is -0.149. The maximum Gasteiger partial charge on any atom is 0.352 e. The van der Waals surface area contributed by atoms with Crippen molar-refractivity contribution >= 4 is 28.8 Å². The molecule has 3 rings (SSSR count). The summed E-state index contributed by atoms with van der Waals surface area (Å²) in [6.45, 7) is 0.288. The quantitative estimate of drug-likeness (QED) is 0.751. The Kier molecular flexibility index (Phi) is 4.22. The SMILES string of the molecule is Cn1c(C(=O)O)c(C(C(=O)O)N2CCC[C@H]2C(=O)O)c2ccccc21. The van der Waals surface area contributed by atoms with Crippen molar-refractivity contribution in [3.8, 4) is 0 Å². The van der Waals surface area contributed by atoms with Gasteiger partial charge in [-0.15, -0.1) is 0 Å². The molecule has 0 radical (unpaired) electrons. The Hall–Kier alpha value is -2.87. The number of benzene rings is 1. The van der Waals surface area contributed by atoms with Crippen LogP contribution in [0.2, 0.25) is 0 Å². The molecule has 3 N–H and O–H groups in total. The second kappa shape index (κ2) is 6.21. The third-order valence-corrected chi connectivity index (χ3v) is 4.77. The Balaban J connectivity index is 2.27. The number of fused-ring (bicyclic) bond motifs is 1. The van der Waals surface area contributed by atoms with Gasteiger partial charge in [-0.1, -0.05) is 18.2 Å². The fourth-order valence-corrected chi connectivity index (χ4v) is 3.75. The van der Waals surface area contributed by atoms with E-state index in [1.54, 1.807) is 31.3 Å². The molecule has 1 unspecified atom stereocenters. The van der Waals surface area contributed by atoms with Crippen molar-refractivity contribution in [3.63, 3.8) is 0 Å². The van der Waals surface area contributed by atoms with E-state index in [2.05, 4.69) is 0 Å². The third kappa shape index (κ3) is 2.64. The predicted molar refractivity (Wildman–Crippen MR) is 87.6 cm³/mol. The Morgan fingerprint density at radius 2 is 1.84 bits per heavy atom. The van der Waals surface area contributed by atoms with E-state index in [9.17, 15) is 29.7 Å². The van der Waals surface area contributed by atoms with Crippen LogP contribution in [0.25, 0.3) is 10.9 Å². The van der Waals surface area contributed by atoms with Gasteiger partial charge in [-0.25, -0.2) is 4.79 Å². The van der Waals surface area contributed by atoms with E-state index < -0.39 is 30.0 Å². The van der Waals surface area contributed by atoms with Crippen molar-refractivity contribution in [2.45, 2.75) is 24.9 Å². The van der Waals surface area contributed by atoms with Crippen LogP contribution in [0.4, 0.5) is 0 Å². The topological polar surface area (TPSA) is 120 Å². The van der Waals surface area contributed by atoms with Crippen molar-refractivity contribution in [2.24, 2.45) is 7.05 Å². The Bertz CT molecular complexity index is 871. The molecule has 1 aromatic heterocycles. The van der Waals surface area contributed by atoms with Crippen molar-refractivity contribution < 1.29 is 29.7 Å². The highest BCUT2D eigenvalue weighted by Crippen LogP contribution is 2.37. The zero-order chi connectivity index (χ0) is 18.3. The zero-order valence-electron chi connectivity index (χ0n) is 13.5. The largest absolute Gasteiger partial charge is 0.480 e. The van der Waals surface area contributed by atoms with Gasteiger partial charge in [0.15, 0.2) is 0 Å². The molecule has 0 bridgehead atoms. The normalized spacial score (nSPS) is 19.2. The third-order valence-electron chi connectivity index (χ3n) is 4.77. The first kappa shape index (κ1) is 17.0. The van der Waals surface area contributed by atoms with E-state index in [0.717, 1.165) is 0 Å². The number of hydrogen-bond donors (Lipinski definition) is 3. The smallest absolute Gasteiger partial charge is 0.352 e. The van der Waals surface area contributed by atoms with Crippen LogP contribution in [0.1, 0.15) is 34.9 Å². The summed E-state index contributed by atoms with van der Waals surface area (Å²) >= 11 is 0. The van der Waals surface area contributed by atoms with Gasteiger partial charge < -0.3 is 19.9 Å². The number of hydrogen-bond acceptors (Lipinski definition) is 4. The van der Waals surface area contributed by atoms with Gasteiger partial charge in [-0.3, -0.25) is 14.5 Å². The average Bonchev–Trinajstić information content (AvgIpc) is 3.12. The number of carboxylic acid groups (broad SMARTS) is 3. The Morgan fingerprint density at radius 1 is 1.16 bits per heavy atom. The standard InChI is InChI=1S/C17H18N2O6/c1-18-10-6-3-2-5-9(10)12(13(18)16(22)23)14(17(24)25)19-8-4-7-11(19)15(20)21/h2-3,5-6,11,14H,4,7-8H2,1H3,(H,20,21)(H,22,23)(H,24,25)/t11-,14?/m0/s1. The van der Waals surface area contributed by atoms with Crippen molar-refractivity contribution in [2.75, 3.05) is 6.54 Å². The van der Waals surface area contributed by atoms with Crippen molar-refractivity contribution in [1.29, 1.82) is 0 Å². The summed E-state index contributed by atoms with van der Waals surface area (Å²) in [5.74, 6) is -3.60. The monoisotopic (exact) mass is 346 g/mol. The molecule has 132 valence electrons. The van der Waals surface area contributed by atoms with Crippen LogP contribution in [0.3, 0.4) is 0 Å². The van der Waals surface area contributed by atoms with Crippen molar-refractivity contribution in [1.82, 2.24) is 9.47 Å². The van der Waals surface area contributed by atoms with Crippen LogP contribution in [0.5, 0.6) is 0 Å². The molecule has 1 fully saturated rings. The highest BCUT2D eigenvalue weighted by atomic mass is 16.4. The lowest BCUT2D eigenvalue weighted by atomic mass is 10.00. The predicted octanol–water partition coefficient (Wildman–Crippen LogP) is 1.55. The fourth-order valence-electron chi connectivity index (χ4n) is 3.75. The summed E-state index contributed by atoms with van der Waals surface area (Å²) in [7, 11) is 1.56. The van der Waals surface area contributed by atoms with Crippen LogP contribution < -0.4 is 0 Å². The molecule has 0 saturated carbocycles. The van der Waals surface area contributed by atoms with Gasteiger partial charge in [-0.2, -0.15) is 0 Å². The molecule has 1 aliphatic rings. The molecule has 0 spiro atoms. The highest BCUT2D eigenvalue weighted by Gasteiger charge is 2.42. The second-order valence-corrected chi connectivity index (χ2v) is 6.12. The van der Waals surface area contributed by atoms with Gasteiger partial charge in [0.05, 0.1) is 0 Å². The first-order valence-electron chi connectivity index (χ1n) is 7.86. The van der Waals surface area contributed by atoms with E-state index in [0.29, 0.717) is 23.7 Å². The lowest BCUT2D eigenvalue weighted by Crippen LogP contribution is -2.42. The molecular weight excluding hydrogens is 328 g/mol. The molecule has 1 aromatic carbocycles. The number of aliphatic carboxylic acids is 2. The molecule has 1 saturated heterocycles. The molecule has 2 atom stereocenters. The number of likely N-dealkylation sites (tertiary alicyclic amines) is 1. The molecular formula is C17H18N2O6.